The Labute approximate surface area is 79.4 Å². The molecular formula is C9H5N3S. The number of hydrogen-bond donors (Lipinski definition) is 0. The van der Waals surface area contributed by atoms with E-state index in [0.717, 1.165) is 22.7 Å². The molecule has 0 aliphatic heterocycles. The van der Waals surface area contributed by atoms with Crippen LogP contribution >= 0.6 is 11.8 Å². The Hall–Kier alpha value is -1.60. The highest BCUT2D eigenvalue weighted by molar-refractivity contribution is 8.03. The van der Waals surface area contributed by atoms with Crippen LogP contribution in [0.1, 0.15) is 0 Å². The van der Waals surface area contributed by atoms with Gasteiger partial charge < -0.3 is 0 Å². The van der Waals surface area contributed by atoms with E-state index >= 15 is 0 Å². The van der Waals surface area contributed by atoms with Gasteiger partial charge >= 0.3 is 0 Å². The second kappa shape index (κ2) is 3.42. The van der Waals surface area contributed by atoms with Crippen LogP contribution in [0.2, 0.25) is 0 Å². The van der Waals surface area contributed by atoms with Gasteiger partial charge in [-0.05, 0) is 6.07 Å². The molecule has 1 aromatic carbocycles. The minimum absolute atomic E-state index is 0.716. The molecule has 0 unspecified atom stereocenters. The predicted molar refractivity (Wildman–Crippen MR) is 51.0 cm³/mol. The Balaban J connectivity index is 2.70. The van der Waals surface area contributed by atoms with Gasteiger partial charge in [-0.25, -0.2) is 9.97 Å². The molecule has 2 aromatic rings. The summed E-state index contributed by atoms with van der Waals surface area (Å²) in [5.41, 5.74) is 0.871. The molecule has 1 heterocycles. The summed E-state index contributed by atoms with van der Waals surface area (Å²) >= 11 is 1.06. The molecule has 0 N–H and O–H groups in total. The number of thioether (sulfide) groups is 1. The number of para-hydroxylation sites is 1. The maximum atomic E-state index is 8.53. The number of hydrogen-bond acceptors (Lipinski definition) is 4. The van der Waals surface area contributed by atoms with Crippen molar-refractivity contribution in [3.63, 3.8) is 0 Å². The van der Waals surface area contributed by atoms with Crippen molar-refractivity contribution < 1.29 is 0 Å². The van der Waals surface area contributed by atoms with Crippen LogP contribution in [0.25, 0.3) is 10.9 Å². The third-order valence-electron chi connectivity index (χ3n) is 1.65. The molecule has 1 aromatic heterocycles. The third-order valence-corrected chi connectivity index (χ3v) is 2.26. The van der Waals surface area contributed by atoms with Crippen molar-refractivity contribution in [1.29, 1.82) is 5.26 Å². The number of rotatable bonds is 1. The van der Waals surface area contributed by atoms with Gasteiger partial charge in [0.2, 0.25) is 0 Å². The van der Waals surface area contributed by atoms with E-state index in [1.807, 2.05) is 29.7 Å². The highest BCUT2D eigenvalue weighted by Gasteiger charge is 2.01. The van der Waals surface area contributed by atoms with Gasteiger partial charge in [0.1, 0.15) is 16.8 Å². The molecule has 13 heavy (non-hydrogen) atoms. The minimum atomic E-state index is 0.716. The first-order valence-corrected chi connectivity index (χ1v) is 4.49. The maximum absolute atomic E-state index is 8.53. The fraction of sp³-hybridized carbons (Fsp3) is 0. The first-order valence-electron chi connectivity index (χ1n) is 3.67. The zero-order valence-corrected chi connectivity index (χ0v) is 7.45. The second-order valence-electron chi connectivity index (χ2n) is 2.39. The van der Waals surface area contributed by atoms with Gasteiger partial charge in [0.25, 0.3) is 0 Å². The lowest BCUT2D eigenvalue weighted by molar-refractivity contribution is 1.10. The van der Waals surface area contributed by atoms with Crippen molar-refractivity contribution in [3.05, 3.63) is 30.6 Å². The number of fused-ring (bicyclic) bond motifs is 1. The van der Waals surface area contributed by atoms with Crippen molar-refractivity contribution in [2.45, 2.75) is 5.03 Å². The van der Waals surface area contributed by atoms with Gasteiger partial charge in [0.05, 0.1) is 5.52 Å². The SMILES string of the molecule is N#CSc1ncnc2ccccc12. The average molecular weight is 187 g/mol. The van der Waals surface area contributed by atoms with Crippen molar-refractivity contribution in [2.75, 3.05) is 0 Å². The quantitative estimate of drug-likeness (QED) is 0.390. The summed E-state index contributed by atoms with van der Waals surface area (Å²) in [6.07, 6.45) is 1.47. The third kappa shape index (κ3) is 1.46. The van der Waals surface area contributed by atoms with E-state index < -0.39 is 0 Å². The molecule has 0 saturated heterocycles. The van der Waals surface area contributed by atoms with E-state index in [9.17, 15) is 0 Å². The minimum Gasteiger partial charge on any atom is -0.236 e. The molecule has 0 fully saturated rings. The van der Waals surface area contributed by atoms with Crippen molar-refractivity contribution in [2.24, 2.45) is 0 Å². The molecule has 0 atom stereocenters. The molecule has 0 aliphatic rings. The van der Waals surface area contributed by atoms with Crippen molar-refractivity contribution in [3.8, 4) is 5.40 Å². The summed E-state index contributed by atoms with van der Waals surface area (Å²) < 4.78 is 0. The number of benzene rings is 1. The van der Waals surface area contributed by atoms with Crippen LogP contribution in [0.3, 0.4) is 0 Å². The van der Waals surface area contributed by atoms with Gasteiger partial charge in [-0.15, -0.1) is 0 Å². The molecule has 0 spiro atoms. The lowest BCUT2D eigenvalue weighted by Crippen LogP contribution is -1.84. The number of aromatic nitrogens is 2. The highest BCUT2D eigenvalue weighted by Crippen LogP contribution is 2.22. The fourth-order valence-corrected chi connectivity index (χ4v) is 1.57. The Morgan fingerprint density at radius 3 is 2.92 bits per heavy atom. The van der Waals surface area contributed by atoms with Crippen molar-refractivity contribution in [1.82, 2.24) is 9.97 Å². The van der Waals surface area contributed by atoms with Gasteiger partial charge in [0, 0.05) is 17.1 Å². The Kier molecular flexibility index (Phi) is 2.11. The lowest BCUT2D eigenvalue weighted by Gasteiger charge is -1.98. The molecule has 3 nitrogen and oxygen atoms in total. The Morgan fingerprint density at radius 1 is 1.23 bits per heavy atom. The van der Waals surface area contributed by atoms with Crippen LogP contribution in [0.5, 0.6) is 0 Å². The molecule has 0 radical (unpaired) electrons. The zero-order valence-electron chi connectivity index (χ0n) is 6.64. The monoisotopic (exact) mass is 187 g/mol. The van der Waals surface area contributed by atoms with Crippen LogP contribution in [0.15, 0.2) is 35.6 Å². The van der Waals surface area contributed by atoms with Crippen LogP contribution in [0.4, 0.5) is 0 Å². The van der Waals surface area contributed by atoms with Crippen LogP contribution < -0.4 is 0 Å². The second-order valence-corrected chi connectivity index (χ2v) is 3.16. The van der Waals surface area contributed by atoms with E-state index in [1.165, 1.54) is 6.33 Å². The Morgan fingerprint density at radius 2 is 2.08 bits per heavy atom. The number of nitriles is 1. The lowest BCUT2D eigenvalue weighted by atomic mass is 10.2. The summed E-state index contributed by atoms with van der Waals surface area (Å²) in [4.78, 5) is 8.12. The normalized spacial score (nSPS) is 9.77. The van der Waals surface area contributed by atoms with Gasteiger partial charge in [0.15, 0.2) is 0 Å². The molecule has 0 amide bonds. The first kappa shape index (κ1) is 8.02. The molecular weight excluding hydrogens is 182 g/mol. The standard InChI is InChI=1S/C9H5N3S/c10-5-13-9-7-3-1-2-4-8(7)11-6-12-9/h1-4,6H. The zero-order chi connectivity index (χ0) is 9.10. The van der Waals surface area contributed by atoms with Crippen LogP contribution in [-0.4, -0.2) is 9.97 Å². The summed E-state index contributed by atoms with van der Waals surface area (Å²) in [5, 5.41) is 12.2. The smallest absolute Gasteiger partial charge is 0.140 e. The first-order chi connectivity index (χ1) is 6.42. The Bertz CT molecular complexity index is 470. The molecule has 62 valence electrons. The van der Waals surface area contributed by atoms with E-state index in [-0.39, 0.29) is 0 Å². The highest BCUT2D eigenvalue weighted by atomic mass is 32.2. The van der Waals surface area contributed by atoms with Gasteiger partial charge in [-0.1, -0.05) is 18.2 Å². The molecule has 0 aliphatic carbocycles. The van der Waals surface area contributed by atoms with Crippen molar-refractivity contribution >= 4 is 22.7 Å². The number of nitrogens with zero attached hydrogens (tertiary/aromatic N) is 3. The number of thiocyanates is 1. The molecule has 4 heteroatoms. The fourth-order valence-electron chi connectivity index (χ4n) is 1.10. The maximum Gasteiger partial charge on any atom is 0.140 e. The van der Waals surface area contributed by atoms with E-state index in [4.69, 9.17) is 5.26 Å². The summed E-state index contributed by atoms with van der Waals surface area (Å²) in [6, 6.07) is 7.64. The van der Waals surface area contributed by atoms with Gasteiger partial charge in [-0.2, -0.15) is 5.26 Å². The summed E-state index contributed by atoms with van der Waals surface area (Å²) in [5.74, 6) is 0. The average Bonchev–Trinajstić information content (AvgIpc) is 2.19. The topological polar surface area (TPSA) is 49.6 Å². The van der Waals surface area contributed by atoms with Crippen LogP contribution in [-0.2, 0) is 0 Å². The van der Waals surface area contributed by atoms with E-state index in [0.29, 0.717) is 5.03 Å². The summed E-state index contributed by atoms with van der Waals surface area (Å²) in [6.45, 7) is 0. The van der Waals surface area contributed by atoms with E-state index in [1.54, 1.807) is 0 Å². The predicted octanol–water partition coefficient (Wildman–Crippen LogP) is 2.20. The van der Waals surface area contributed by atoms with Gasteiger partial charge in [-0.3, -0.25) is 0 Å². The molecule has 2 rings (SSSR count). The molecule has 0 saturated carbocycles. The summed E-state index contributed by atoms with van der Waals surface area (Å²) in [7, 11) is 0. The van der Waals surface area contributed by atoms with Crippen LogP contribution in [0, 0.1) is 10.7 Å². The largest absolute Gasteiger partial charge is 0.236 e. The molecule has 0 bridgehead atoms. The van der Waals surface area contributed by atoms with E-state index in [2.05, 4.69) is 9.97 Å².